The van der Waals surface area contributed by atoms with Gasteiger partial charge in [-0.15, -0.1) is 0 Å². The van der Waals surface area contributed by atoms with Gasteiger partial charge >= 0.3 is 5.69 Å². The molecule has 8 heteroatoms. The SMILES string of the molecule is CN=C(NCCn1cc([N+](=O)[O-])cn1)NC1CC1. The molecule has 0 spiro atoms. The molecule has 1 aromatic rings. The van der Waals surface area contributed by atoms with Crippen LogP contribution >= 0.6 is 0 Å². The standard InChI is InChI=1S/C10H16N6O2/c1-11-10(14-8-2-3-8)12-4-5-15-7-9(6-13-15)16(17)18/h6-8H,2-5H2,1H3,(H2,11,12,14). The Balaban J connectivity index is 1.74. The van der Waals surface area contributed by atoms with Gasteiger partial charge in [0.25, 0.3) is 0 Å². The molecule has 98 valence electrons. The fraction of sp³-hybridized carbons (Fsp3) is 0.600. The Labute approximate surface area is 104 Å². The van der Waals surface area contributed by atoms with E-state index < -0.39 is 4.92 Å². The summed E-state index contributed by atoms with van der Waals surface area (Å²) in [5.74, 6) is 0.763. The van der Waals surface area contributed by atoms with E-state index in [1.165, 1.54) is 29.9 Å². The van der Waals surface area contributed by atoms with Gasteiger partial charge in [0.15, 0.2) is 5.96 Å². The molecule has 0 saturated heterocycles. The molecule has 1 aliphatic carbocycles. The van der Waals surface area contributed by atoms with Crippen LogP contribution < -0.4 is 10.6 Å². The lowest BCUT2D eigenvalue weighted by molar-refractivity contribution is -0.385. The quantitative estimate of drug-likeness (QED) is 0.336. The second kappa shape index (κ2) is 5.48. The first-order valence-corrected chi connectivity index (χ1v) is 5.83. The zero-order chi connectivity index (χ0) is 13.0. The van der Waals surface area contributed by atoms with Gasteiger partial charge < -0.3 is 10.6 Å². The summed E-state index contributed by atoms with van der Waals surface area (Å²) in [5, 5.41) is 20.8. The summed E-state index contributed by atoms with van der Waals surface area (Å²) < 4.78 is 1.54. The molecule has 2 rings (SSSR count). The molecule has 1 saturated carbocycles. The minimum atomic E-state index is -0.454. The van der Waals surface area contributed by atoms with Crippen molar-refractivity contribution >= 4 is 11.6 Å². The second-order valence-corrected chi connectivity index (χ2v) is 4.14. The van der Waals surface area contributed by atoms with Crippen molar-refractivity contribution in [2.24, 2.45) is 4.99 Å². The number of hydrogen-bond acceptors (Lipinski definition) is 4. The lowest BCUT2D eigenvalue weighted by Crippen LogP contribution is -2.39. The fourth-order valence-corrected chi connectivity index (χ4v) is 1.47. The monoisotopic (exact) mass is 252 g/mol. The lowest BCUT2D eigenvalue weighted by Gasteiger charge is -2.10. The highest BCUT2D eigenvalue weighted by Gasteiger charge is 2.21. The molecule has 0 bridgehead atoms. The second-order valence-electron chi connectivity index (χ2n) is 4.14. The van der Waals surface area contributed by atoms with Gasteiger partial charge in [0, 0.05) is 19.6 Å². The average molecular weight is 252 g/mol. The van der Waals surface area contributed by atoms with Crippen LogP contribution in [0.15, 0.2) is 17.4 Å². The molecular weight excluding hydrogens is 236 g/mol. The predicted octanol–water partition coefficient (Wildman–Crippen LogP) is 0.119. The summed E-state index contributed by atoms with van der Waals surface area (Å²) in [6.45, 7) is 1.17. The van der Waals surface area contributed by atoms with Gasteiger partial charge in [0.1, 0.15) is 12.4 Å². The highest BCUT2D eigenvalue weighted by Crippen LogP contribution is 2.18. The molecule has 2 N–H and O–H groups in total. The Bertz CT molecular complexity index is 451. The van der Waals surface area contributed by atoms with Crippen molar-refractivity contribution in [3.63, 3.8) is 0 Å². The molecule has 18 heavy (non-hydrogen) atoms. The highest BCUT2D eigenvalue weighted by atomic mass is 16.6. The van der Waals surface area contributed by atoms with Gasteiger partial charge in [-0.05, 0) is 12.8 Å². The van der Waals surface area contributed by atoms with E-state index in [1.807, 2.05) is 0 Å². The molecule has 0 amide bonds. The summed E-state index contributed by atoms with van der Waals surface area (Å²) in [6.07, 6.45) is 5.04. The van der Waals surface area contributed by atoms with Crippen molar-refractivity contribution in [3.05, 3.63) is 22.5 Å². The van der Waals surface area contributed by atoms with E-state index >= 15 is 0 Å². The van der Waals surface area contributed by atoms with E-state index in [0.717, 1.165) is 5.96 Å². The smallest absolute Gasteiger partial charge is 0.306 e. The number of nitro groups is 1. The third kappa shape index (κ3) is 3.44. The van der Waals surface area contributed by atoms with Crippen LogP contribution in [0.25, 0.3) is 0 Å². The molecule has 0 aliphatic heterocycles. The Kier molecular flexibility index (Phi) is 3.75. The summed E-state index contributed by atoms with van der Waals surface area (Å²) in [7, 11) is 1.72. The third-order valence-corrected chi connectivity index (χ3v) is 2.61. The van der Waals surface area contributed by atoms with Crippen LogP contribution in [0.2, 0.25) is 0 Å². The number of rotatable bonds is 5. The van der Waals surface area contributed by atoms with Crippen LogP contribution in [0.1, 0.15) is 12.8 Å². The van der Waals surface area contributed by atoms with Gasteiger partial charge in [0.05, 0.1) is 11.5 Å². The van der Waals surface area contributed by atoms with Gasteiger partial charge in [-0.1, -0.05) is 0 Å². The minimum Gasteiger partial charge on any atom is -0.355 e. The van der Waals surface area contributed by atoms with Crippen molar-refractivity contribution in [1.82, 2.24) is 20.4 Å². The van der Waals surface area contributed by atoms with Gasteiger partial charge in [0.2, 0.25) is 0 Å². The Morgan fingerprint density at radius 2 is 2.50 bits per heavy atom. The number of aliphatic imine (C=N–C) groups is 1. The van der Waals surface area contributed by atoms with Gasteiger partial charge in [-0.3, -0.25) is 19.8 Å². The van der Waals surface area contributed by atoms with Crippen LogP contribution in [0.5, 0.6) is 0 Å². The molecule has 1 aromatic heterocycles. The first-order valence-electron chi connectivity index (χ1n) is 5.83. The molecule has 0 radical (unpaired) electrons. The van der Waals surface area contributed by atoms with Crippen molar-refractivity contribution in [2.75, 3.05) is 13.6 Å². The molecule has 0 atom stereocenters. The zero-order valence-electron chi connectivity index (χ0n) is 10.2. The predicted molar refractivity (Wildman–Crippen MR) is 66.4 cm³/mol. The summed E-state index contributed by atoms with van der Waals surface area (Å²) in [5.41, 5.74) is 0.00971. The topological polar surface area (TPSA) is 97.4 Å². The molecule has 1 fully saturated rings. The van der Waals surface area contributed by atoms with Crippen molar-refractivity contribution in [3.8, 4) is 0 Å². The molecule has 0 unspecified atom stereocenters. The van der Waals surface area contributed by atoms with E-state index in [4.69, 9.17) is 0 Å². The summed E-state index contributed by atoms with van der Waals surface area (Å²) in [6, 6.07) is 0.544. The van der Waals surface area contributed by atoms with Crippen molar-refractivity contribution in [1.29, 1.82) is 0 Å². The third-order valence-electron chi connectivity index (χ3n) is 2.61. The number of nitrogens with zero attached hydrogens (tertiary/aromatic N) is 4. The zero-order valence-corrected chi connectivity index (χ0v) is 10.2. The highest BCUT2D eigenvalue weighted by molar-refractivity contribution is 5.80. The first-order chi connectivity index (χ1) is 8.69. The van der Waals surface area contributed by atoms with E-state index in [0.29, 0.717) is 19.1 Å². The van der Waals surface area contributed by atoms with Gasteiger partial charge in [-0.25, -0.2) is 0 Å². The molecule has 1 aliphatic rings. The van der Waals surface area contributed by atoms with Crippen molar-refractivity contribution < 1.29 is 4.92 Å². The molecular formula is C10H16N6O2. The Hall–Kier alpha value is -2.12. The van der Waals surface area contributed by atoms with Crippen LogP contribution in [0, 0.1) is 10.1 Å². The minimum absolute atomic E-state index is 0.00971. The average Bonchev–Trinajstić information content (AvgIpc) is 3.03. The fourth-order valence-electron chi connectivity index (χ4n) is 1.47. The maximum Gasteiger partial charge on any atom is 0.306 e. The van der Waals surface area contributed by atoms with E-state index in [1.54, 1.807) is 7.05 Å². The largest absolute Gasteiger partial charge is 0.355 e. The van der Waals surface area contributed by atoms with Gasteiger partial charge in [-0.2, -0.15) is 5.10 Å². The Morgan fingerprint density at radius 3 is 3.06 bits per heavy atom. The molecule has 1 heterocycles. The van der Waals surface area contributed by atoms with E-state index in [-0.39, 0.29) is 5.69 Å². The maximum absolute atomic E-state index is 10.5. The normalized spacial score (nSPS) is 15.5. The van der Waals surface area contributed by atoms with E-state index in [9.17, 15) is 10.1 Å². The number of guanidine groups is 1. The number of hydrogen-bond donors (Lipinski definition) is 2. The Morgan fingerprint density at radius 1 is 1.72 bits per heavy atom. The van der Waals surface area contributed by atoms with Crippen molar-refractivity contribution in [2.45, 2.75) is 25.4 Å². The summed E-state index contributed by atoms with van der Waals surface area (Å²) in [4.78, 5) is 14.1. The number of nitrogens with one attached hydrogen (secondary N) is 2. The lowest BCUT2D eigenvalue weighted by atomic mass is 10.5. The summed E-state index contributed by atoms with van der Waals surface area (Å²) >= 11 is 0. The maximum atomic E-state index is 10.5. The first kappa shape index (κ1) is 12.3. The number of aromatic nitrogens is 2. The molecule has 8 nitrogen and oxygen atoms in total. The van der Waals surface area contributed by atoms with Crippen LogP contribution in [0.3, 0.4) is 0 Å². The van der Waals surface area contributed by atoms with Crippen LogP contribution in [-0.2, 0) is 6.54 Å². The van der Waals surface area contributed by atoms with Crippen LogP contribution in [-0.4, -0.2) is 40.3 Å². The molecule has 0 aromatic carbocycles. The van der Waals surface area contributed by atoms with E-state index in [2.05, 4.69) is 20.7 Å². The van der Waals surface area contributed by atoms with Crippen LogP contribution in [0.4, 0.5) is 5.69 Å².